The zero-order chi connectivity index (χ0) is 13.0. The molecule has 6 heteroatoms. The van der Waals surface area contributed by atoms with E-state index < -0.39 is 5.97 Å². The molecule has 2 rings (SSSR count). The Balaban J connectivity index is 2.33. The van der Waals surface area contributed by atoms with E-state index in [1.165, 1.54) is 19.6 Å². The van der Waals surface area contributed by atoms with Crippen LogP contribution < -0.4 is 4.90 Å². The minimum Gasteiger partial charge on any atom is -0.465 e. The van der Waals surface area contributed by atoms with Crippen molar-refractivity contribution in [2.24, 2.45) is 0 Å². The van der Waals surface area contributed by atoms with Gasteiger partial charge in [-0.05, 0) is 6.42 Å². The normalized spacial score (nSPS) is 19.7. The molecule has 0 N–H and O–H groups in total. The van der Waals surface area contributed by atoms with Crippen molar-refractivity contribution < 1.29 is 14.3 Å². The van der Waals surface area contributed by atoms with Gasteiger partial charge in [0.25, 0.3) is 0 Å². The molecule has 1 saturated heterocycles. The molecular formula is C12H17N3O3. The van der Waals surface area contributed by atoms with Crippen molar-refractivity contribution in [2.45, 2.75) is 19.4 Å². The van der Waals surface area contributed by atoms with Gasteiger partial charge in [-0.3, -0.25) is 0 Å². The number of nitrogens with zero attached hydrogens (tertiary/aromatic N) is 3. The van der Waals surface area contributed by atoms with E-state index in [2.05, 4.69) is 21.8 Å². The number of esters is 1. The highest BCUT2D eigenvalue weighted by molar-refractivity contribution is 5.94. The molecule has 0 bridgehead atoms. The van der Waals surface area contributed by atoms with Crippen LogP contribution in [0.15, 0.2) is 12.5 Å². The monoisotopic (exact) mass is 251 g/mol. The minimum atomic E-state index is -0.410. The molecular weight excluding hydrogens is 234 g/mol. The standard InChI is InChI=1S/C12H17N3O3/c1-3-9-7-18-5-4-15(9)11-10(12(16)17-2)6-13-8-14-11/h6,8-9H,3-5,7H2,1-2H3. The van der Waals surface area contributed by atoms with Crippen LogP contribution in [-0.2, 0) is 9.47 Å². The summed E-state index contributed by atoms with van der Waals surface area (Å²) in [5, 5.41) is 0. The molecule has 2 heterocycles. The van der Waals surface area contributed by atoms with Gasteiger partial charge in [0.15, 0.2) is 0 Å². The average molecular weight is 251 g/mol. The van der Waals surface area contributed by atoms with E-state index in [4.69, 9.17) is 9.47 Å². The maximum atomic E-state index is 11.7. The minimum absolute atomic E-state index is 0.233. The number of morpholine rings is 1. The van der Waals surface area contributed by atoms with Crippen LogP contribution in [0.4, 0.5) is 5.82 Å². The number of carbonyl (C=O) groups is 1. The number of hydrogen-bond acceptors (Lipinski definition) is 6. The summed E-state index contributed by atoms with van der Waals surface area (Å²) in [7, 11) is 1.36. The number of carbonyl (C=O) groups excluding carboxylic acids is 1. The molecule has 1 aliphatic rings. The molecule has 0 aromatic carbocycles. The van der Waals surface area contributed by atoms with Gasteiger partial charge in [0.2, 0.25) is 0 Å². The number of anilines is 1. The highest BCUT2D eigenvalue weighted by atomic mass is 16.5. The predicted octanol–water partition coefficient (Wildman–Crippen LogP) is 0.878. The van der Waals surface area contributed by atoms with E-state index in [0.717, 1.165) is 13.0 Å². The highest BCUT2D eigenvalue weighted by Gasteiger charge is 2.27. The first kappa shape index (κ1) is 12.8. The van der Waals surface area contributed by atoms with Gasteiger partial charge in [0, 0.05) is 12.7 Å². The quantitative estimate of drug-likeness (QED) is 0.743. The lowest BCUT2D eigenvalue weighted by molar-refractivity contribution is 0.0597. The first-order valence-corrected chi connectivity index (χ1v) is 6.00. The van der Waals surface area contributed by atoms with Gasteiger partial charge in [-0.25, -0.2) is 14.8 Å². The SMILES string of the molecule is CCC1COCCN1c1ncncc1C(=O)OC. The topological polar surface area (TPSA) is 64.5 Å². The predicted molar refractivity (Wildman–Crippen MR) is 65.6 cm³/mol. The van der Waals surface area contributed by atoms with Crippen molar-refractivity contribution in [3.63, 3.8) is 0 Å². The smallest absolute Gasteiger partial charge is 0.343 e. The van der Waals surface area contributed by atoms with Crippen LogP contribution in [0.25, 0.3) is 0 Å². The van der Waals surface area contributed by atoms with Crippen LogP contribution in [0.3, 0.4) is 0 Å². The van der Waals surface area contributed by atoms with Gasteiger partial charge in [-0.15, -0.1) is 0 Å². The molecule has 0 aliphatic carbocycles. The van der Waals surface area contributed by atoms with Crippen LogP contribution in [0.2, 0.25) is 0 Å². The number of methoxy groups -OCH3 is 1. The second-order valence-electron chi connectivity index (χ2n) is 4.08. The maximum Gasteiger partial charge on any atom is 0.343 e. The Labute approximate surface area is 106 Å². The van der Waals surface area contributed by atoms with Crippen LogP contribution in [0, 0.1) is 0 Å². The average Bonchev–Trinajstić information content (AvgIpc) is 2.46. The molecule has 6 nitrogen and oxygen atoms in total. The van der Waals surface area contributed by atoms with E-state index in [-0.39, 0.29) is 6.04 Å². The number of aromatic nitrogens is 2. The molecule has 0 saturated carbocycles. The van der Waals surface area contributed by atoms with Crippen LogP contribution in [0.1, 0.15) is 23.7 Å². The number of ether oxygens (including phenoxy) is 2. The van der Waals surface area contributed by atoms with Crippen molar-refractivity contribution in [2.75, 3.05) is 31.8 Å². The molecule has 1 aromatic heterocycles. The van der Waals surface area contributed by atoms with Crippen LogP contribution >= 0.6 is 0 Å². The maximum absolute atomic E-state index is 11.7. The zero-order valence-corrected chi connectivity index (χ0v) is 10.6. The fourth-order valence-corrected chi connectivity index (χ4v) is 2.08. The Kier molecular flexibility index (Phi) is 4.09. The lowest BCUT2D eigenvalue weighted by Gasteiger charge is -2.36. The van der Waals surface area contributed by atoms with Gasteiger partial charge in [0.1, 0.15) is 17.7 Å². The van der Waals surface area contributed by atoms with Gasteiger partial charge < -0.3 is 14.4 Å². The van der Waals surface area contributed by atoms with Crippen molar-refractivity contribution in [1.82, 2.24) is 9.97 Å². The molecule has 1 aromatic rings. The van der Waals surface area contributed by atoms with E-state index in [0.29, 0.717) is 24.6 Å². The lowest BCUT2D eigenvalue weighted by atomic mass is 10.1. The third-order valence-electron chi connectivity index (χ3n) is 3.07. The Bertz CT molecular complexity index is 425. The fraction of sp³-hybridized carbons (Fsp3) is 0.583. The third kappa shape index (κ3) is 2.43. The Morgan fingerprint density at radius 3 is 3.22 bits per heavy atom. The van der Waals surface area contributed by atoms with Gasteiger partial charge in [0.05, 0.1) is 26.4 Å². The van der Waals surface area contributed by atoms with E-state index in [1.807, 2.05) is 0 Å². The third-order valence-corrected chi connectivity index (χ3v) is 3.07. The van der Waals surface area contributed by atoms with Crippen LogP contribution in [0.5, 0.6) is 0 Å². The first-order chi connectivity index (χ1) is 8.77. The fourth-order valence-electron chi connectivity index (χ4n) is 2.08. The summed E-state index contributed by atoms with van der Waals surface area (Å²) in [6.07, 6.45) is 3.88. The molecule has 1 aliphatic heterocycles. The second-order valence-corrected chi connectivity index (χ2v) is 4.08. The van der Waals surface area contributed by atoms with Crippen molar-refractivity contribution in [3.05, 3.63) is 18.1 Å². The summed E-state index contributed by atoms with van der Waals surface area (Å²) in [4.78, 5) is 21.9. The lowest BCUT2D eigenvalue weighted by Crippen LogP contribution is -2.46. The Morgan fingerprint density at radius 2 is 2.50 bits per heavy atom. The van der Waals surface area contributed by atoms with Gasteiger partial charge >= 0.3 is 5.97 Å². The summed E-state index contributed by atoms with van der Waals surface area (Å²) in [6.45, 7) is 4.10. The molecule has 0 amide bonds. The second kappa shape index (κ2) is 5.77. The van der Waals surface area contributed by atoms with E-state index in [9.17, 15) is 4.79 Å². The highest BCUT2D eigenvalue weighted by Crippen LogP contribution is 2.22. The number of hydrogen-bond donors (Lipinski definition) is 0. The Morgan fingerprint density at radius 1 is 1.67 bits per heavy atom. The molecule has 18 heavy (non-hydrogen) atoms. The number of rotatable bonds is 3. The van der Waals surface area contributed by atoms with Crippen LogP contribution in [-0.4, -0.2) is 48.8 Å². The summed E-state index contributed by atoms with van der Waals surface area (Å²) in [5.74, 6) is 0.221. The first-order valence-electron chi connectivity index (χ1n) is 6.00. The summed E-state index contributed by atoms with van der Waals surface area (Å²) in [6, 6.07) is 0.233. The molecule has 1 atom stereocenters. The molecule has 0 spiro atoms. The summed E-state index contributed by atoms with van der Waals surface area (Å²) in [5.41, 5.74) is 0.403. The molecule has 1 fully saturated rings. The zero-order valence-electron chi connectivity index (χ0n) is 10.6. The Hall–Kier alpha value is -1.69. The van der Waals surface area contributed by atoms with Crippen molar-refractivity contribution in [3.8, 4) is 0 Å². The summed E-state index contributed by atoms with van der Waals surface area (Å²) >= 11 is 0. The van der Waals surface area contributed by atoms with Crippen molar-refractivity contribution >= 4 is 11.8 Å². The largest absolute Gasteiger partial charge is 0.465 e. The van der Waals surface area contributed by atoms with E-state index in [1.54, 1.807) is 0 Å². The van der Waals surface area contributed by atoms with Gasteiger partial charge in [-0.1, -0.05) is 6.92 Å². The summed E-state index contributed by atoms with van der Waals surface area (Å²) < 4.78 is 10.2. The van der Waals surface area contributed by atoms with Crippen molar-refractivity contribution in [1.29, 1.82) is 0 Å². The molecule has 1 unspecified atom stereocenters. The molecule has 98 valence electrons. The van der Waals surface area contributed by atoms with Gasteiger partial charge in [-0.2, -0.15) is 0 Å². The van der Waals surface area contributed by atoms with E-state index >= 15 is 0 Å². The molecule has 0 radical (unpaired) electrons.